The molecule has 5 nitrogen and oxygen atoms in total. The number of anilines is 1. The van der Waals surface area contributed by atoms with E-state index < -0.39 is 10.0 Å². The van der Waals surface area contributed by atoms with Crippen LogP contribution in [-0.2, 0) is 10.0 Å². The first kappa shape index (κ1) is 15.9. The van der Waals surface area contributed by atoms with Crippen molar-refractivity contribution in [1.82, 2.24) is 4.72 Å². The van der Waals surface area contributed by atoms with E-state index in [-0.39, 0.29) is 23.5 Å². The number of nitrogens with one attached hydrogen (secondary N) is 1. The Bertz CT molecular complexity index is 539. The van der Waals surface area contributed by atoms with Gasteiger partial charge in [0.1, 0.15) is 0 Å². The van der Waals surface area contributed by atoms with Crippen LogP contribution in [0.3, 0.4) is 0 Å². The van der Waals surface area contributed by atoms with E-state index >= 15 is 0 Å². The van der Waals surface area contributed by atoms with Gasteiger partial charge in [0.2, 0.25) is 10.0 Å². The highest BCUT2D eigenvalue weighted by Crippen LogP contribution is 2.22. The smallest absolute Gasteiger partial charge is 0.240 e. The first-order valence-corrected chi connectivity index (χ1v) is 7.63. The van der Waals surface area contributed by atoms with E-state index in [1.807, 2.05) is 13.8 Å². The van der Waals surface area contributed by atoms with Gasteiger partial charge in [-0.25, -0.2) is 13.1 Å². The van der Waals surface area contributed by atoms with Crippen LogP contribution in [0.25, 0.3) is 0 Å². The molecule has 0 aromatic heterocycles. The Balaban J connectivity index is 2.91. The summed E-state index contributed by atoms with van der Waals surface area (Å²) in [5.41, 5.74) is 6.43. The molecule has 6 heteroatoms. The van der Waals surface area contributed by atoms with Gasteiger partial charge in [-0.2, -0.15) is 0 Å². The maximum Gasteiger partial charge on any atom is 0.240 e. The van der Waals surface area contributed by atoms with E-state index in [1.165, 1.54) is 6.07 Å². The van der Waals surface area contributed by atoms with E-state index in [2.05, 4.69) is 4.72 Å². The van der Waals surface area contributed by atoms with Crippen LogP contribution in [0.2, 0.25) is 0 Å². The first-order valence-electron chi connectivity index (χ1n) is 6.15. The lowest BCUT2D eigenvalue weighted by Gasteiger charge is -2.24. The van der Waals surface area contributed by atoms with E-state index in [4.69, 9.17) is 10.8 Å². The van der Waals surface area contributed by atoms with E-state index in [9.17, 15) is 8.42 Å². The normalized spacial score (nSPS) is 12.6. The number of nitrogen functional groups attached to an aromatic ring is 1. The van der Waals surface area contributed by atoms with Gasteiger partial charge in [0, 0.05) is 18.8 Å². The minimum absolute atomic E-state index is 0.0338. The third-order valence-corrected chi connectivity index (χ3v) is 4.69. The quantitative estimate of drug-likeness (QED) is 0.687. The average Bonchev–Trinajstić information content (AvgIpc) is 2.30. The molecular formula is C13H22N2O3S. The average molecular weight is 286 g/mol. The lowest BCUT2D eigenvalue weighted by molar-refractivity contribution is 0.213. The van der Waals surface area contributed by atoms with Gasteiger partial charge in [0.25, 0.3) is 0 Å². The molecule has 0 saturated carbocycles. The van der Waals surface area contributed by atoms with Crippen LogP contribution in [0.1, 0.15) is 25.8 Å². The van der Waals surface area contributed by atoms with Gasteiger partial charge in [0.05, 0.1) is 4.90 Å². The molecular weight excluding hydrogens is 264 g/mol. The fraction of sp³-hybridized carbons (Fsp3) is 0.538. The molecule has 0 radical (unpaired) electrons. The summed E-state index contributed by atoms with van der Waals surface area (Å²) in [6, 6.07) is 4.83. The molecule has 0 aliphatic heterocycles. The van der Waals surface area contributed by atoms with Crippen LogP contribution in [0.15, 0.2) is 23.1 Å². The van der Waals surface area contributed by atoms with Crippen molar-refractivity contribution in [2.75, 3.05) is 18.9 Å². The number of hydrogen-bond acceptors (Lipinski definition) is 4. The predicted molar refractivity (Wildman–Crippen MR) is 76.3 cm³/mol. The molecule has 0 heterocycles. The third kappa shape index (κ3) is 4.19. The van der Waals surface area contributed by atoms with Crippen LogP contribution in [0, 0.1) is 12.3 Å². The van der Waals surface area contributed by atoms with Crippen molar-refractivity contribution >= 4 is 15.7 Å². The van der Waals surface area contributed by atoms with E-state index in [0.29, 0.717) is 17.7 Å². The van der Waals surface area contributed by atoms with Crippen LogP contribution in [0.4, 0.5) is 5.69 Å². The minimum atomic E-state index is -3.58. The maximum atomic E-state index is 12.2. The van der Waals surface area contributed by atoms with Gasteiger partial charge in [-0.3, -0.25) is 0 Å². The maximum absolute atomic E-state index is 12.2. The zero-order valence-electron chi connectivity index (χ0n) is 11.6. The highest BCUT2D eigenvalue weighted by Gasteiger charge is 2.23. The van der Waals surface area contributed by atoms with Gasteiger partial charge in [0.15, 0.2) is 0 Å². The molecule has 4 N–H and O–H groups in total. The second-order valence-electron chi connectivity index (χ2n) is 5.43. The zero-order chi connectivity index (χ0) is 14.7. The molecule has 19 heavy (non-hydrogen) atoms. The lowest BCUT2D eigenvalue weighted by atomic mass is 9.90. The Morgan fingerprint density at radius 3 is 2.58 bits per heavy atom. The molecule has 0 unspecified atom stereocenters. The Morgan fingerprint density at radius 1 is 1.37 bits per heavy atom. The van der Waals surface area contributed by atoms with Crippen molar-refractivity contribution in [2.45, 2.75) is 32.1 Å². The summed E-state index contributed by atoms with van der Waals surface area (Å²) in [5, 5.41) is 8.94. The number of aliphatic hydroxyl groups is 1. The molecule has 0 amide bonds. The Kier molecular flexibility index (Phi) is 4.95. The van der Waals surface area contributed by atoms with Crippen molar-refractivity contribution in [2.24, 2.45) is 5.41 Å². The van der Waals surface area contributed by atoms with Crippen molar-refractivity contribution in [1.29, 1.82) is 0 Å². The predicted octanol–water partition coefficient (Wildman–Crippen LogP) is 1.26. The molecule has 0 spiro atoms. The topological polar surface area (TPSA) is 92.4 Å². The second-order valence-corrected chi connectivity index (χ2v) is 7.17. The van der Waals surface area contributed by atoms with Crippen molar-refractivity contribution < 1.29 is 13.5 Å². The fourth-order valence-electron chi connectivity index (χ4n) is 1.68. The van der Waals surface area contributed by atoms with Crippen molar-refractivity contribution in [3.05, 3.63) is 23.8 Å². The molecule has 0 saturated heterocycles. The molecule has 0 bridgehead atoms. The van der Waals surface area contributed by atoms with Crippen molar-refractivity contribution in [3.8, 4) is 0 Å². The van der Waals surface area contributed by atoms with Gasteiger partial charge in [-0.05, 0) is 36.5 Å². The molecule has 1 aromatic carbocycles. The third-order valence-electron chi connectivity index (χ3n) is 3.14. The van der Waals surface area contributed by atoms with Crippen LogP contribution in [0.5, 0.6) is 0 Å². The van der Waals surface area contributed by atoms with Crippen LogP contribution in [-0.4, -0.2) is 26.7 Å². The van der Waals surface area contributed by atoms with E-state index in [1.54, 1.807) is 19.1 Å². The molecule has 1 aromatic rings. The minimum Gasteiger partial charge on any atom is -0.398 e. The largest absolute Gasteiger partial charge is 0.398 e. The number of hydrogen-bond donors (Lipinski definition) is 3. The molecule has 0 atom stereocenters. The standard InChI is InChI=1S/C13H22N2O3S/c1-10-11(14)5-4-6-12(10)19(17,18)15-9-13(2,3)7-8-16/h4-6,15-16H,7-9,14H2,1-3H3. The van der Waals surface area contributed by atoms with Crippen LogP contribution >= 0.6 is 0 Å². The molecule has 1 rings (SSSR count). The summed E-state index contributed by atoms with van der Waals surface area (Å²) in [4.78, 5) is 0.201. The Labute approximate surface area is 114 Å². The summed E-state index contributed by atoms with van der Waals surface area (Å²) >= 11 is 0. The molecule has 0 aliphatic rings. The van der Waals surface area contributed by atoms with Gasteiger partial charge >= 0.3 is 0 Å². The number of nitrogens with two attached hydrogens (primary N) is 1. The first-order chi connectivity index (χ1) is 8.69. The highest BCUT2D eigenvalue weighted by atomic mass is 32.2. The number of sulfonamides is 1. The molecule has 0 aliphatic carbocycles. The highest BCUT2D eigenvalue weighted by molar-refractivity contribution is 7.89. The summed E-state index contributed by atoms with van der Waals surface area (Å²) in [6.07, 6.45) is 0.533. The number of rotatable bonds is 6. The molecule has 108 valence electrons. The van der Waals surface area contributed by atoms with Gasteiger partial charge in [-0.1, -0.05) is 19.9 Å². The number of benzene rings is 1. The van der Waals surface area contributed by atoms with Gasteiger partial charge < -0.3 is 10.8 Å². The van der Waals surface area contributed by atoms with Crippen LogP contribution < -0.4 is 10.5 Å². The number of aliphatic hydroxyl groups excluding tert-OH is 1. The summed E-state index contributed by atoms with van der Waals surface area (Å²) < 4.78 is 27.0. The SMILES string of the molecule is Cc1c(N)cccc1S(=O)(=O)NCC(C)(C)CCO. The van der Waals surface area contributed by atoms with Gasteiger partial charge in [-0.15, -0.1) is 0 Å². The van der Waals surface area contributed by atoms with E-state index in [0.717, 1.165) is 0 Å². The lowest BCUT2D eigenvalue weighted by Crippen LogP contribution is -2.34. The Morgan fingerprint density at radius 2 is 2.00 bits per heavy atom. The molecule has 0 fully saturated rings. The van der Waals surface area contributed by atoms with Crippen molar-refractivity contribution in [3.63, 3.8) is 0 Å². The monoisotopic (exact) mass is 286 g/mol. The fourth-order valence-corrected chi connectivity index (χ4v) is 3.20. The Hall–Kier alpha value is -1.11. The summed E-state index contributed by atoms with van der Waals surface area (Å²) in [6.45, 7) is 5.79. The summed E-state index contributed by atoms with van der Waals surface area (Å²) in [5.74, 6) is 0. The second kappa shape index (κ2) is 5.90. The zero-order valence-corrected chi connectivity index (χ0v) is 12.4. The summed E-state index contributed by atoms with van der Waals surface area (Å²) in [7, 11) is -3.58.